The molecule has 0 saturated heterocycles. The zero-order valence-corrected chi connectivity index (χ0v) is 10.7. The molecule has 1 aliphatic carbocycles. The number of carbonyl (C=O) groups is 1. The van der Waals surface area contributed by atoms with Crippen LogP contribution in [0.5, 0.6) is 5.75 Å². The number of hydrogen-bond donors (Lipinski definition) is 2. The lowest BCUT2D eigenvalue weighted by atomic mass is 9.96. The van der Waals surface area contributed by atoms with Gasteiger partial charge in [-0.15, -0.1) is 0 Å². The number of rotatable bonds is 2. The SMILES string of the molecule is CN(C(=O)NC1CCCCC1)c1cccc(O)c1. The van der Waals surface area contributed by atoms with Gasteiger partial charge in [0.15, 0.2) is 0 Å². The third-order valence-corrected chi connectivity index (χ3v) is 3.45. The summed E-state index contributed by atoms with van der Waals surface area (Å²) >= 11 is 0. The maximum atomic E-state index is 12.1. The van der Waals surface area contributed by atoms with Gasteiger partial charge in [0.2, 0.25) is 0 Å². The van der Waals surface area contributed by atoms with Gasteiger partial charge in [-0.05, 0) is 25.0 Å². The first-order chi connectivity index (χ1) is 8.66. The van der Waals surface area contributed by atoms with Crippen molar-refractivity contribution in [1.29, 1.82) is 0 Å². The molecule has 0 unspecified atom stereocenters. The molecule has 0 spiro atoms. The van der Waals surface area contributed by atoms with Gasteiger partial charge in [0.1, 0.15) is 5.75 Å². The molecule has 2 rings (SSSR count). The largest absolute Gasteiger partial charge is 0.508 e. The quantitative estimate of drug-likeness (QED) is 0.845. The van der Waals surface area contributed by atoms with Crippen LogP contribution in [0.3, 0.4) is 0 Å². The fraction of sp³-hybridized carbons (Fsp3) is 0.500. The lowest BCUT2D eigenvalue weighted by Crippen LogP contribution is -2.43. The molecule has 4 nitrogen and oxygen atoms in total. The summed E-state index contributed by atoms with van der Waals surface area (Å²) in [5, 5.41) is 12.4. The van der Waals surface area contributed by atoms with E-state index in [9.17, 15) is 9.90 Å². The predicted octanol–water partition coefficient (Wildman–Crippen LogP) is 2.87. The normalized spacial score (nSPS) is 16.3. The number of phenolic OH excluding ortho intramolecular Hbond substituents is 1. The highest BCUT2D eigenvalue weighted by atomic mass is 16.3. The van der Waals surface area contributed by atoms with E-state index in [-0.39, 0.29) is 11.8 Å². The minimum absolute atomic E-state index is 0.104. The fourth-order valence-corrected chi connectivity index (χ4v) is 2.34. The molecule has 18 heavy (non-hydrogen) atoms. The Labute approximate surface area is 108 Å². The Hall–Kier alpha value is -1.71. The molecule has 2 amide bonds. The molecule has 98 valence electrons. The van der Waals surface area contributed by atoms with Crippen molar-refractivity contribution in [3.05, 3.63) is 24.3 Å². The molecule has 1 aliphatic rings. The summed E-state index contributed by atoms with van der Waals surface area (Å²) in [6.07, 6.45) is 5.80. The maximum Gasteiger partial charge on any atom is 0.321 e. The Balaban J connectivity index is 1.95. The van der Waals surface area contributed by atoms with E-state index in [1.807, 2.05) is 0 Å². The van der Waals surface area contributed by atoms with Crippen LogP contribution in [-0.4, -0.2) is 24.2 Å². The van der Waals surface area contributed by atoms with Crippen molar-refractivity contribution < 1.29 is 9.90 Å². The predicted molar refractivity (Wildman–Crippen MR) is 71.9 cm³/mol. The van der Waals surface area contributed by atoms with Crippen LogP contribution in [0, 0.1) is 0 Å². The van der Waals surface area contributed by atoms with Gasteiger partial charge in [0.05, 0.1) is 0 Å². The lowest BCUT2D eigenvalue weighted by Gasteiger charge is -2.26. The van der Waals surface area contributed by atoms with E-state index in [4.69, 9.17) is 0 Å². The van der Waals surface area contributed by atoms with Gasteiger partial charge in [0, 0.05) is 24.8 Å². The van der Waals surface area contributed by atoms with Crippen LogP contribution in [-0.2, 0) is 0 Å². The van der Waals surface area contributed by atoms with Gasteiger partial charge >= 0.3 is 6.03 Å². The third kappa shape index (κ3) is 3.15. The summed E-state index contributed by atoms with van der Waals surface area (Å²) < 4.78 is 0. The molecule has 0 aromatic heterocycles. The van der Waals surface area contributed by atoms with Gasteiger partial charge in [-0.1, -0.05) is 25.3 Å². The van der Waals surface area contributed by atoms with E-state index in [1.54, 1.807) is 31.3 Å². The number of aromatic hydroxyl groups is 1. The highest BCUT2D eigenvalue weighted by molar-refractivity contribution is 5.91. The lowest BCUT2D eigenvalue weighted by molar-refractivity contribution is 0.239. The minimum Gasteiger partial charge on any atom is -0.508 e. The molecule has 4 heteroatoms. The first kappa shape index (κ1) is 12.7. The number of benzene rings is 1. The van der Waals surface area contributed by atoms with E-state index in [0.717, 1.165) is 12.8 Å². The van der Waals surface area contributed by atoms with E-state index in [1.165, 1.54) is 24.2 Å². The highest BCUT2D eigenvalue weighted by Crippen LogP contribution is 2.20. The van der Waals surface area contributed by atoms with Crippen molar-refractivity contribution in [3.63, 3.8) is 0 Å². The first-order valence-electron chi connectivity index (χ1n) is 6.50. The monoisotopic (exact) mass is 248 g/mol. The zero-order valence-electron chi connectivity index (χ0n) is 10.7. The van der Waals surface area contributed by atoms with Gasteiger partial charge in [-0.3, -0.25) is 4.90 Å². The van der Waals surface area contributed by atoms with Gasteiger partial charge < -0.3 is 10.4 Å². The molecule has 1 fully saturated rings. The number of urea groups is 1. The van der Waals surface area contributed by atoms with Crippen LogP contribution >= 0.6 is 0 Å². The Bertz CT molecular complexity index is 414. The Morgan fingerprint density at radius 2 is 2.06 bits per heavy atom. The summed E-state index contributed by atoms with van der Waals surface area (Å²) in [5.74, 6) is 0.171. The van der Waals surface area contributed by atoms with E-state index >= 15 is 0 Å². The number of anilines is 1. The molecule has 2 N–H and O–H groups in total. The highest BCUT2D eigenvalue weighted by Gasteiger charge is 2.18. The summed E-state index contributed by atoms with van der Waals surface area (Å²) in [7, 11) is 1.72. The van der Waals surface area contributed by atoms with E-state index in [0.29, 0.717) is 11.7 Å². The van der Waals surface area contributed by atoms with Crippen LogP contribution in [0.2, 0.25) is 0 Å². The average molecular weight is 248 g/mol. The molecular formula is C14H20N2O2. The van der Waals surface area contributed by atoms with Crippen molar-refractivity contribution in [2.24, 2.45) is 0 Å². The third-order valence-electron chi connectivity index (χ3n) is 3.45. The number of carbonyl (C=O) groups excluding carboxylic acids is 1. The van der Waals surface area contributed by atoms with E-state index in [2.05, 4.69) is 5.32 Å². The van der Waals surface area contributed by atoms with Crippen LogP contribution in [0.4, 0.5) is 10.5 Å². The van der Waals surface area contributed by atoms with Crippen molar-refractivity contribution >= 4 is 11.7 Å². The van der Waals surface area contributed by atoms with Gasteiger partial charge in [-0.25, -0.2) is 4.79 Å². The van der Waals surface area contributed by atoms with Crippen molar-refractivity contribution in [1.82, 2.24) is 5.32 Å². The Kier molecular flexibility index (Phi) is 4.07. The standard InChI is InChI=1S/C14H20N2O2/c1-16(12-8-5-9-13(17)10-12)14(18)15-11-6-3-2-4-7-11/h5,8-11,17H,2-4,6-7H2,1H3,(H,15,18). The summed E-state index contributed by atoms with van der Waals surface area (Å²) in [6, 6.07) is 6.91. The molecule has 0 heterocycles. The maximum absolute atomic E-state index is 12.1. The summed E-state index contributed by atoms with van der Waals surface area (Å²) in [5.41, 5.74) is 0.698. The molecule has 0 bridgehead atoms. The van der Waals surface area contributed by atoms with Gasteiger partial charge in [0.25, 0.3) is 0 Å². The van der Waals surface area contributed by atoms with Crippen LogP contribution in [0.1, 0.15) is 32.1 Å². The second kappa shape index (κ2) is 5.76. The van der Waals surface area contributed by atoms with Crippen LogP contribution in [0.25, 0.3) is 0 Å². The number of nitrogens with one attached hydrogen (secondary N) is 1. The minimum atomic E-state index is -0.104. The molecule has 1 saturated carbocycles. The summed E-state index contributed by atoms with van der Waals surface area (Å²) in [4.78, 5) is 13.6. The first-order valence-corrected chi connectivity index (χ1v) is 6.50. The number of phenols is 1. The second-order valence-electron chi connectivity index (χ2n) is 4.86. The fourth-order valence-electron chi connectivity index (χ4n) is 2.34. The smallest absolute Gasteiger partial charge is 0.321 e. The molecule has 0 radical (unpaired) electrons. The summed E-state index contributed by atoms with van der Waals surface area (Å²) in [6.45, 7) is 0. The Morgan fingerprint density at radius 3 is 2.72 bits per heavy atom. The molecule has 1 aromatic rings. The number of nitrogens with zero attached hydrogens (tertiary/aromatic N) is 1. The number of amides is 2. The molecular weight excluding hydrogens is 228 g/mol. The van der Waals surface area contributed by atoms with Crippen molar-refractivity contribution in [2.75, 3.05) is 11.9 Å². The average Bonchev–Trinajstić information content (AvgIpc) is 2.39. The van der Waals surface area contributed by atoms with Gasteiger partial charge in [-0.2, -0.15) is 0 Å². The van der Waals surface area contributed by atoms with Crippen molar-refractivity contribution in [2.45, 2.75) is 38.1 Å². The van der Waals surface area contributed by atoms with Crippen LogP contribution < -0.4 is 10.2 Å². The molecule has 0 atom stereocenters. The van der Waals surface area contributed by atoms with Crippen LogP contribution in [0.15, 0.2) is 24.3 Å². The Morgan fingerprint density at radius 1 is 1.33 bits per heavy atom. The van der Waals surface area contributed by atoms with Crippen molar-refractivity contribution in [3.8, 4) is 5.75 Å². The second-order valence-corrected chi connectivity index (χ2v) is 4.86. The van der Waals surface area contributed by atoms with E-state index < -0.39 is 0 Å². The zero-order chi connectivity index (χ0) is 13.0. The molecule has 0 aliphatic heterocycles. The molecule has 1 aromatic carbocycles. The topological polar surface area (TPSA) is 52.6 Å². The number of hydrogen-bond acceptors (Lipinski definition) is 2.